The number of hydrogen-bond donors (Lipinski definition) is 1. The summed E-state index contributed by atoms with van der Waals surface area (Å²) in [6.45, 7) is 1.79. The van der Waals surface area contributed by atoms with Crippen molar-refractivity contribution in [1.29, 1.82) is 0 Å². The summed E-state index contributed by atoms with van der Waals surface area (Å²) in [6.07, 6.45) is 4.17. The summed E-state index contributed by atoms with van der Waals surface area (Å²) in [7, 11) is 3.38. The van der Waals surface area contributed by atoms with Crippen molar-refractivity contribution in [2.24, 2.45) is 16.8 Å². The van der Waals surface area contributed by atoms with E-state index in [2.05, 4.69) is 11.0 Å². The van der Waals surface area contributed by atoms with Crippen molar-refractivity contribution in [3.63, 3.8) is 0 Å². The number of aliphatic hydroxyl groups is 1. The molecule has 27 heavy (non-hydrogen) atoms. The maximum Gasteiger partial charge on any atom is 0.201 e. The van der Waals surface area contributed by atoms with Crippen molar-refractivity contribution in [2.75, 3.05) is 34.0 Å². The molecule has 5 fully saturated rings. The predicted molar refractivity (Wildman–Crippen MR) is 99.9 cm³/mol. The van der Waals surface area contributed by atoms with Crippen LogP contribution in [0.3, 0.4) is 0 Å². The normalized spacial score (nSPS) is 41.1. The van der Waals surface area contributed by atoms with E-state index in [9.17, 15) is 5.11 Å². The van der Waals surface area contributed by atoms with Crippen LogP contribution in [0.1, 0.15) is 18.4 Å². The third-order valence-electron chi connectivity index (χ3n) is 7.60. The van der Waals surface area contributed by atoms with Crippen LogP contribution in [0.2, 0.25) is 0 Å². The van der Waals surface area contributed by atoms with E-state index in [1.807, 2.05) is 12.1 Å². The van der Waals surface area contributed by atoms with E-state index in [0.717, 1.165) is 42.5 Å². The minimum absolute atomic E-state index is 0.123. The summed E-state index contributed by atoms with van der Waals surface area (Å²) in [5, 5.41) is 9.44. The van der Waals surface area contributed by atoms with Gasteiger partial charge in [-0.1, -0.05) is 11.6 Å². The van der Waals surface area contributed by atoms with Crippen molar-refractivity contribution < 1.29 is 19.3 Å². The number of hydrogen-bond acceptors (Lipinski definition) is 6. The standard InChI is InChI=1S/C21H24N2O4/c1-25-12-5-15-19(17(6-12)26-2)22-20-21(15)8-16-14(10-27-20)13-7-18(21)23(16)9-11(13)3-4-24/h3,5-6,13-14,16,18,24H,4,7-10H2,1-2H3/b11-3+/t13-,14?,16-,18-,21-/m0/s1. The number of methoxy groups -OCH3 is 2. The zero-order chi connectivity index (χ0) is 18.3. The first-order valence-corrected chi connectivity index (χ1v) is 9.75. The molecule has 0 saturated carbocycles. The highest BCUT2D eigenvalue weighted by atomic mass is 16.5. The Hall–Kier alpha value is -2.05. The van der Waals surface area contributed by atoms with Gasteiger partial charge >= 0.3 is 0 Å². The molecule has 5 bridgehead atoms. The number of nitrogens with zero attached hydrogens (tertiary/aromatic N) is 2. The van der Waals surface area contributed by atoms with Crippen LogP contribution in [0.25, 0.3) is 0 Å². The van der Waals surface area contributed by atoms with Crippen molar-refractivity contribution in [3.05, 3.63) is 29.3 Å². The molecule has 0 radical (unpaired) electrons. The van der Waals surface area contributed by atoms with E-state index in [4.69, 9.17) is 19.2 Å². The van der Waals surface area contributed by atoms with Crippen molar-refractivity contribution in [2.45, 2.75) is 30.3 Å². The average Bonchev–Trinajstić information content (AvgIpc) is 3.04. The van der Waals surface area contributed by atoms with Crippen molar-refractivity contribution >= 4 is 11.6 Å². The van der Waals surface area contributed by atoms with E-state index in [-0.39, 0.29) is 12.0 Å². The van der Waals surface area contributed by atoms with Crippen LogP contribution in [0.5, 0.6) is 11.5 Å². The van der Waals surface area contributed by atoms with Crippen LogP contribution in [0, 0.1) is 11.8 Å². The Morgan fingerprint density at radius 2 is 2.26 bits per heavy atom. The topological polar surface area (TPSA) is 63.5 Å². The Labute approximate surface area is 158 Å². The van der Waals surface area contributed by atoms with Crippen molar-refractivity contribution in [3.8, 4) is 11.5 Å². The number of aliphatic hydroxyl groups excluding tert-OH is 1. The van der Waals surface area contributed by atoms with Crippen molar-refractivity contribution in [1.82, 2.24) is 4.90 Å². The lowest BCUT2D eigenvalue weighted by Gasteiger charge is -2.54. The smallest absolute Gasteiger partial charge is 0.201 e. The summed E-state index contributed by atoms with van der Waals surface area (Å²) >= 11 is 0. The second kappa shape index (κ2) is 5.26. The molecule has 0 aliphatic carbocycles. The highest BCUT2D eigenvalue weighted by Crippen LogP contribution is 2.64. The third kappa shape index (κ3) is 1.76. The third-order valence-corrected chi connectivity index (χ3v) is 7.60. The van der Waals surface area contributed by atoms with Gasteiger partial charge in [0.05, 0.1) is 32.8 Å². The highest BCUT2D eigenvalue weighted by Gasteiger charge is 2.69. The lowest BCUT2D eigenvalue weighted by molar-refractivity contribution is -0.0154. The van der Waals surface area contributed by atoms with Gasteiger partial charge in [-0.3, -0.25) is 4.90 Å². The first-order valence-electron chi connectivity index (χ1n) is 9.75. The van der Waals surface area contributed by atoms with Gasteiger partial charge in [-0.25, -0.2) is 4.99 Å². The molecule has 1 aromatic carbocycles. The minimum Gasteiger partial charge on any atom is -0.497 e. The Balaban J connectivity index is 1.54. The number of piperidine rings is 3. The second-order valence-corrected chi connectivity index (χ2v) is 8.35. The van der Waals surface area contributed by atoms with Gasteiger partial charge in [-0.05, 0) is 24.8 Å². The van der Waals surface area contributed by atoms with E-state index >= 15 is 0 Å². The summed E-state index contributed by atoms with van der Waals surface area (Å²) in [5.41, 5.74) is 3.29. The number of benzene rings is 1. The zero-order valence-electron chi connectivity index (χ0n) is 15.6. The molecule has 2 unspecified atom stereocenters. The van der Waals surface area contributed by atoms with Crippen LogP contribution < -0.4 is 9.47 Å². The summed E-state index contributed by atoms with van der Waals surface area (Å²) in [4.78, 5) is 7.60. The first kappa shape index (κ1) is 16.0. The van der Waals surface area contributed by atoms with Crippen LogP contribution in [0.15, 0.2) is 28.8 Å². The van der Waals surface area contributed by atoms with E-state index in [1.54, 1.807) is 14.2 Å². The Kier molecular flexibility index (Phi) is 3.11. The Morgan fingerprint density at radius 3 is 3.04 bits per heavy atom. The predicted octanol–water partition coefficient (Wildman–Crippen LogP) is 2.03. The highest BCUT2D eigenvalue weighted by molar-refractivity contribution is 6.00. The van der Waals surface area contributed by atoms with Gasteiger partial charge < -0.3 is 19.3 Å². The van der Waals surface area contributed by atoms with Gasteiger partial charge in [-0.15, -0.1) is 0 Å². The molecule has 142 valence electrons. The monoisotopic (exact) mass is 368 g/mol. The number of aliphatic imine (C=N–C) groups is 1. The largest absolute Gasteiger partial charge is 0.497 e. The SMILES string of the molecule is COc1cc(OC)c2c(c1)[C@]13C[C@H]4C(COC1=N2)[C@H]1C[C@@H]3N4C/C1=C\CO. The van der Waals surface area contributed by atoms with Crippen LogP contribution in [0.4, 0.5) is 5.69 Å². The maximum atomic E-state index is 9.44. The minimum atomic E-state index is -0.198. The summed E-state index contributed by atoms with van der Waals surface area (Å²) in [5.74, 6) is 3.42. The Morgan fingerprint density at radius 1 is 1.37 bits per heavy atom. The fourth-order valence-corrected chi connectivity index (χ4v) is 6.54. The number of fused-ring (bicyclic) bond motifs is 2. The van der Waals surface area contributed by atoms with E-state index in [0.29, 0.717) is 30.5 Å². The van der Waals surface area contributed by atoms with Gasteiger partial charge in [0.15, 0.2) is 0 Å². The average molecular weight is 368 g/mol. The van der Waals surface area contributed by atoms with Gasteiger partial charge in [-0.2, -0.15) is 0 Å². The summed E-state index contributed by atoms with van der Waals surface area (Å²) in [6, 6.07) is 4.94. The molecule has 5 saturated heterocycles. The summed E-state index contributed by atoms with van der Waals surface area (Å²) < 4.78 is 17.6. The first-order chi connectivity index (χ1) is 13.2. The molecule has 6 atom stereocenters. The molecule has 6 heteroatoms. The quantitative estimate of drug-likeness (QED) is 0.827. The maximum absolute atomic E-state index is 9.44. The molecule has 6 aliphatic rings. The van der Waals surface area contributed by atoms with Crippen LogP contribution in [-0.4, -0.2) is 62.0 Å². The number of rotatable bonds is 3. The second-order valence-electron chi connectivity index (χ2n) is 8.35. The molecule has 6 heterocycles. The molecule has 7 rings (SSSR count). The Bertz CT molecular complexity index is 894. The van der Waals surface area contributed by atoms with Gasteiger partial charge in [0.25, 0.3) is 0 Å². The fraction of sp³-hybridized carbons (Fsp3) is 0.571. The molecular weight excluding hydrogens is 344 g/mol. The zero-order valence-corrected chi connectivity index (χ0v) is 15.6. The van der Waals surface area contributed by atoms with Gasteiger partial charge in [0, 0.05) is 36.2 Å². The van der Waals surface area contributed by atoms with E-state index in [1.165, 1.54) is 11.1 Å². The molecule has 0 amide bonds. The van der Waals surface area contributed by atoms with E-state index < -0.39 is 0 Å². The fourth-order valence-electron chi connectivity index (χ4n) is 6.54. The lowest BCUT2D eigenvalue weighted by Crippen LogP contribution is -2.61. The van der Waals surface area contributed by atoms with Crippen LogP contribution >= 0.6 is 0 Å². The van der Waals surface area contributed by atoms with Crippen LogP contribution in [-0.2, 0) is 10.2 Å². The molecule has 1 aromatic rings. The molecule has 6 aliphatic heterocycles. The van der Waals surface area contributed by atoms with Gasteiger partial charge in [0.2, 0.25) is 5.90 Å². The molecule has 6 nitrogen and oxygen atoms in total. The number of ether oxygens (including phenoxy) is 3. The molecule has 1 N–H and O–H groups in total. The molecular formula is C21H24N2O4. The molecule has 0 aromatic heterocycles. The van der Waals surface area contributed by atoms with Gasteiger partial charge in [0.1, 0.15) is 17.2 Å². The lowest BCUT2D eigenvalue weighted by atomic mass is 9.68. The molecule has 1 spiro atoms.